The Morgan fingerprint density at radius 1 is 0.700 bits per heavy atom. The third-order valence-electron chi connectivity index (χ3n) is 6.28. The Hall–Kier alpha value is -5.23. The van der Waals surface area contributed by atoms with Crippen molar-refractivity contribution in [1.29, 1.82) is 0 Å². The molecule has 282 valence electrons. The Kier molecular flexibility index (Phi) is 21.5. The average Bonchev–Trinajstić information content (AvgIpc) is 3.03. The van der Waals surface area contributed by atoms with Gasteiger partial charge in [-0.3, -0.25) is 43.3 Å². The van der Waals surface area contributed by atoms with E-state index < -0.39 is 116 Å². The minimum atomic E-state index is -1.89. The number of guanidine groups is 1. The fourth-order valence-electron chi connectivity index (χ4n) is 3.74. The smallest absolute Gasteiger partial charge is 0.326 e. The van der Waals surface area contributed by atoms with Crippen molar-refractivity contribution in [3.8, 4) is 0 Å². The molecule has 0 aliphatic carbocycles. The fraction of sp³-hybridized carbons (Fsp3) is 0.615. The van der Waals surface area contributed by atoms with Gasteiger partial charge in [0.2, 0.25) is 41.4 Å². The van der Waals surface area contributed by atoms with Crippen LogP contribution in [-0.4, -0.2) is 143 Å². The van der Waals surface area contributed by atoms with Gasteiger partial charge in [-0.2, -0.15) is 11.8 Å². The average molecular weight is 736 g/mol. The first-order chi connectivity index (χ1) is 23.4. The maximum atomic E-state index is 13.2. The third-order valence-corrected chi connectivity index (χ3v) is 6.92. The number of nitrogens with two attached hydrogens (primary N) is 4. The summed E-state index contributed by atoms with van der Waals surface area (Å²) in [4.78, 5) is 114. The normalized spacial score (nSPS) is 13.5. The summed E-state index contributed by atoms with van der Waals surface area (Å²) in [7, 11) is 0. The number of hydrogen-bond acceptors (Lipinski definition) is 13. The number of amides is 7. The molecule has 0 aromatic carbocycles. The second-order valence-electron chi connectivity index (χ2n) is 10.4. The molecule has 0 radical (unpaired) electrons. The van der Waals surface area contributed by atoms with Crippen molar-refractivity contribution in [2.45, 2.75) is 62.3 Å². The molecular formula is C26H45N11O12S. The molecule has 0 aromatic heterocycles. The van der Waals surface area contributed by atoms with E-state index in [-0.39, 0.29) is 31.8 Å². The standard InChI is InChI=1S/C26H45N11O12S/c1-50-6-4-14(25(48)49)36-22(45)13(3-2-5-31-26(29)30)35-24(47)16(8-20(42)43)37-23(46)15(7-17(28)39)34-19(41)10-32-18(40)9-33-21(44)12(27)11-38/h12-16,38H,2-11,27H2,1H3,(H2,28,39)(H,32,40)(H,33,44)(H,34,41)(H,35,47)(H,36,45)(H,37,46)(H,42,43)(H,48,49)(H4,29,30,31)/t12-,13-,14-,15-,16-/m0/s1. The number of aliphatic imine (C=N–C) groups is 1. The number of aliphatic hydroxyl groups is 1. The molecule has 7 amide bonds. The van der Waals surface area contributed by atoms with Crippen molar-refractivity contribution in [2.24, 2.45) is 27.9 Å². The van der Waals surface area contributed by atoms with E-state index in [0.29, 0.717) is 5.75 Å². The molecule has 5 atom stereocenters. The maximum Gasteiger partial charge on any atom is 0.326 e. The summed E-state index contributed by atoms with van der Waals surface area (Å²) >= 11 is 1.33. The van der Waals surface area contributed by atoms with Crippen LogP contribution in [0, 0.1) is 0 Å². The summed E-state index contributed by atoms with van der Waals surface area (Å²) in [6.07, 6.45) is -0.151. The monoisotopic (exact) mass is 735 g/mol. The lowest BCUT2D eigenvalue weighted by Gasteiger charge is -2.25. The highest BCUT2D eigenvalue weighted by molar-refractivity contribution is 7.98. The second-order valence-corrected chi connectivity index (χ2v) is 11.4. The Balaban J connectivity index is 5.82. The molecule has 0 aliphatic rings. The van der Waals surface area contributed by atoms with Crippen LogP contribution in [0.15, 0.2) is 4.99 Å². The molecule has 17 N–H and O–H groups in total. The van der Waals surface area contributed by atoms with Crippen molar-refractivity contribution < 1.29 is 58.5 Å². The number of rotatable bonds is 25. The topological polar surface area (TPSA) is 403 Å². The number of carboxylic acid groups (broad SMARTS) is 2. The van der Waals surface area contributed by atoms with Crippen LogP contribution < -0.4 is 54.8 Å². The highest BCUT2D eigenvalue weighted by atomic mass is 32.2. The number of carboxylic acids is 2. The van der Waals surface area contributed by atoms with Crippen LogP contribution in [0.25, 0.3) is 0 Å². The Bertz CT molecular complexity index is 1270. The number of aliphatic carboxylic acids is 2. The minimum absolute atomic E-state index is 0.00751. The Labute approximate surface area is 289 Å². The van der Waals surface area contributed by atoms with Crippen molar-refractivity contribution in [3.05, 3.63) is 0 Å². The Morgan fingerprint density at radius 3 is 1.76 bits per heavy atom. The molecule has 0 aromatic rings. The van der Waals surface area contributed by atoms with Crippen molar-refractivity contribution in [2.75, 3.05) is 38.2 Å². The van der Waals surface area contributed by atoms with Crippen LogP contribution in [0.2, 0.25) is 0 Å². The second kappa shape index (κ2) is 24.0. The van der Waals surface area contributed by atoms with Gasteiger partial charge in [-0.25, -0.2) is 4.79 Å². The van der Waals surface area contributed by atoms with E-state index >= 15 is 0 Å². The van der Waals surface area contributed by atoms with Gasteiger partial charge >= 0.3 is 11.9 Å². The van der Waals surface area contributed by atoms with E-state index in [2.05, 4.69) is 36.9 Å². The van der Waals surface area contributed by atoms with Crippen LogP contribution in [0.5, 0.6) is 0 Å². The van der Waals surface area contributed by atoms with Crippen LogP contribution in [0.1, 0.15) is 32.1 Å². The number of hydrogen-bond donors (Lipinski definition) is 13. The third kappa shape index (κ3) is 19.6. The van der Waals surface area contributed by atoms with Crippen LogP contribution >= 0.6 is 11.8 Å². The van der Waals surface area contributed by atoms with Gasteiger partial charge in [0, 0.05) is 6.54 Å². The van der Waals surface area contributed by atoms with Gasteiger partial charge in [0.25, 0.3) is 0 Å². The summed E-state index contributed by atoms with van der Waals surface area (Å²) in [6.45, 7) is -2.07. The highest BCUT2D eigenvalue weighted by Crippen LogP contribution is 2.06. The number of thioether (sulfide) groups is 1. The molecule has 0 fully saturated rings. The number of nitrogens with zero attached hydrogens (tertiary/aromatic N) is 1. The summed E-state index contributed by atoms with van der Waals surface area (Å²) in [6, 6.07) is -7.72. The van der Waals surface area contributed by atoms with Crippen molar-refractivity contribution in [3.63, 3.8) is 0 Å². The molecule has 23 nitrogen and oxygen atoms in total. The van der Waals surface area contributed by atoms with Crippen molar-refractivity contribution >= 4 is 71.0 Å². The van der Waals surface area contributed by atoms with E-state index in [1.165, 1.54) is 11.8 Å². The van der Waals surface area contributed by atoms with Crippen LogP contribution in [0.4, 0.5) is 0 Å². The molecule has 0 spiro atoms. The number of carbonyl (C=O) groups is 9. The summed E-state index contributed by atoms with van der Waals surface area (Å²) in [5, 5.41) is 40.7. The molecule has 24 heteroatoms. The molecule has 50 heavy (non-hydrogen) atoms. The largest absolute Gasteiger partial charge is 0.481 e. The molecule has 0 bridgehead atoms. The first-order valence-electron chi connectivity index (χ1n) is 14.8. The van der Waals surface area contributed by atoms with E-state index in [1.54, 1.807) is 6.26 Å². The lowest BCUT2D eigenvalue weighted by Crippen LogP contribution is -2.59. The first kappa shape index (κ1) is 44.8. The van der Waals surface area contributed by atoms with Crippen LogP contribution in [-0.2, 0) is 43.2 Å². The van der Waals surface area contributed by atoms with E-state index in [9.17, 15) is 53.4 Å². The van der Waals surface area contributed by atoms with E-state index in [1.807, 2.05) is 0 Å². The van der Waals surface area contributed by atoms with Gasteiger partial charge < -0.3 is 70.2 Å². The van der Waals surface area contributed by atoms with Gasteiger partial charge in [-0.05, 0) is 31.3 Å². The SMILES string of the molecule is CSCC[C@H](NC(=O)[C@H](CCCN=C(N)N)NC(=O)[C@H](CC(=O)O)NC(=O)[C@H](CC(N)=O)NC(=O)CNC(=O)CNC(=O)[C@@H](N)CO)C(=O)O. The van der Waals surface area contributed by atoms with Gasteiger partial charge in [-0.15, -0.1) is 0 Å². The van der Waals surface area contributed by atoms with E-state index in [4.69, 9.17) is 28.0 Å². The Morgan fingerprint density at radius 2 is 1.24 bits per heavy atom. The van der Waals surface area contributed by atoms with Gasteiger partial charge in [0.05, 0.1) is 32.5 Å². The van der Waals surface area contributed by atoms with Gasteiger partial charge in [0.1, 0.15) is 30.2 Å². The zero-order chi connectivity index (χ0) is 38.4. The number of nitrogens with one attached hydrogen (secondary N) is 6. The molecule has 0 unspecified atom stereocenters. The number of primary amides is 1. The van der Waals surface area contributed by atoms with Crippen molar-refractivity contribution in [1.82, 2.24) is 31.9 Å². The van der Waals surface area contributed by atoms with Gasteiger partial charge in [-0.1, -0.05) is 0 Å². The minimum Gasteiger partial charge on any atom is -0.481 e. The van der Waals surface area contributed by atoms with Crippen LogP contribution in [0.3, 0.4) is 0 Å². The zero-order valence-electron chi connectivity index (χ0n) is 27.1. The molecule has 0 saturated carbocycles. The molecule has 0 aliphatic heterocycles. The maximum absolute atomic E-state index is 13.2. The molecule has 0 saturated heterocycles. The number of carbonyl (C=O) groups excluding carboxylic acids is 7. The predicted molar refractivity (Wildman–Crippen MR) is 175 cm³/mol. The zero-order valence-corrected chi connectivity index (χ0v) is 28.0. The molecule has 0 rings (SSSR count). The van der Waals surface area contributed by atoms with Gasteiger partial charge in [0.15, 0.2) is 5.96 Å². The molecule has 0 heterocycles. The summed E-state index contributed by atoms with van der Waals surface area (Å²) in [5.41, 5.74) is 21.1. The van der Waals surface area contributed by atoms with E-state index in [0.717, 1.165) is 0 Å². The predicted octanol–water partition coefficient (Wildman–Crippen LogP) is -7.28. The quantitative estimate of drug-likeness (QED) is 0.0235. The highest BCUT2D eigenvalue weighted by Gasteiger charge is 2.33. The lowest BCUT2D eigenvalue weighted by atomic mass is 10.1. The summed E-state index contributed by atoms with van der Waals surface area (Å²) < 4.78 is 0. The summed E-state index contributed by atoms with van der Waals surface area (Å²) in [5.74, 6) is -10.0. The fourth-order valence-corrected chi connectivity index (χ4v) is 4.22. The number of aliphatic hydroxyl groups excluding tert-OH is 1. The first-order valence-corrected chi connectivity index (χ1v) is 16.2. The lowest BCUT2D eigenvalue weighted by molar-refractivity contribution is -0.143. The molecular weight excluding hydrogens is 690 g/mol.